The lowest BCUT2D eigenvalue weighted by atomic mass is 9.92. The quantitative estimate of drug-likeness (QED) is 0.709. The molecule has 106 valence electrons. The van der Waals surface area contributed by atoms with Crippen LogP contribution in [0.5, 0.6) is 0 Å². The van der Waals surface area contributed by atoms with E-state index >= 15 is 0 Å². The van der Waals surface area contributed by atoms with Crippen LogP contribution in [-0.2, 0) is 0 Å². The fourth-order valence-electron chi connectivity index (χ4n) is 2.83. The Morgan fingerprint density at radius 3 is 2.10 bits per heavy atom. The highest BCUT2D eigenvalue weighted by atomic mass is 16.3. The Labute approximate surface area is 125 Å². The molecule has 1 atom stereocenters. The predicted octanol–water partition coefficient (Wildman–Crippen LogP) is 4.85. The highest BCUT2D eigenvalue weighted by Crippen LogP contribution is 2.31. The highest BCUT2D eigenvalue weighted by Gasteiger charge is 2.14. The molecule has 0 aliphatic carbocycles. The third-order valence-electron chi connectivity index (χ3n) is 4.32. The van der Waals surface area contributed by atoms with Crippen LogP contribution in [0.3, 0.4) is 0 Å². The molecule has 0 fully saturated rings. The van der Waals surface area contributed by atoms with E-state index in [2.05, 4.69) is 51.1 Å². The largest absolute Gasteiger partial charge is 0.384 e. The van der Waals surface area contributed by atoms with Crippen LogP contribution in [0.4, 0.5) is 0 Å². The van der Waals surface area contributed by atoms with E-state index in [9.17, 15) is 5.11 Å². The SMILES string of the molecule is Cc1ccc(C(O)c2ccc(C)c3ccccc23)cc1C. The van der Waals surface area contributed by atoms with Crippen LogP contribution in [0.15, 0.2) is 54.6 Å². The second kappa shape index (κ2) is 5.34. The maximum atomic E-state index is 10.8. The van der Waals surface area contributed by atoms with Gasteiger partial charge in [0.15, 0.2) is 0 Å². The van der Waals surface area contributed by atoms with Crippen molar-refractivity contribution < 1.29 is 5.11 Å². The van der Waals surface area contributed by atoms with Crippen LogP contribution in [0.2, 0.25) is 0 Å². The van der Waals surface area contributed by atoms with E-state index in [1.54, 1.807) is 0 Å². The number of rotatable bonds is 2. The topological polar surface area (TPSA) is 20.2 Å². The van der Waals surface area contributed by atoms with Gasteiger partial charge in [-0.05, 0) is 59.4 Å². The lowest BCUT2D eigenvalue weighted by Gasteiger charge is -2.16. The van der Waals surface area contributed by atoms with Crippen molar-refractivity contribution in [2.75, 3.05) is 0 Å². The molecular formula is C20H20O. The van der Waals surface area contributed by atoms with Gasteiger partial charge in [-0.2, -0.15) is 0 Å². The van der Waals surface area contributed by atoms with Crippen LogP contribution in [0.1, 0.15) is 33.9 Å². The van der Waals surface area contributed by atoms with E-state index in [1.807, 2.05) is 24.3 Å². The molecule has 0 spiro atoms. The molecule has 0 heterocycles. The normalized spacial score (nSPS) is 12.6. The smallest absolute Gasteiger partial charge is 0.105 e. The summed E-state index contributed by atoms with van der Waals surface area (Å²) in [6, 6.07) is 18.6. The van der Waals surface area contributed by atoms with E-state index in [0.29, 0.717) is 0 Å². The lowest BCUT2D eigenvalue weighted by molar-refractivity contribution is 0.222. The second-order valence-electron chi connectivity index (χ2n) is 5.76. The fraction of sp³-hybridized carbons (Fsp3) is 0.200. The van der Waals surface area contributed by atoms with Gasteiger partial charge in [-0.15, -0.1) is 0 Å². The first-order valence-corrected chi connectivity index (χ1v) is 7.31. The van der Waals surface area contributed by atoms with Gasteiger partial charge in [0.25, 0.3) is 0 Å². The van der Waals surface area contributed by atoms with E-state index in [4.69, 9.17) is 0 Å². The second-order valence-corrected chi connectivity index (χ2v) is 5.76. The summed E-state index contributed by atoms with van der Waals surface area (Å²) in [6.45, 7) is 6.28. The maximum absolute atomic E-state index is 10.8. The molecule has 0 bridgehead atoms. The number of fused-ring (bicyclic) bond motifs is 1. The van der Waals surface area contributed by atoms with Crippen molar-refractivity contribution in [3.8, 4) is 0 Å². The van der Waals surface area contributed by atoms with Gasteiger partial charge in [0.1, 0.15) is 6.10 Å². The van der Waals surface area contributed by atoms with Crippen molar-refractivity contribution in [1.29, 1.82) is 0 Å². The minimum Gasteiger partial charge on any atom is -0.384 e. The standard InChI is InChI=1S/C20H20O/c1-13-8-10-16(12-15(13)3)20(21)19-11-9-14(2)17-6-4-5-7-18(17)19/h4-12,20-21H,1-3H3. The molecule has 1 unspecified atom stereocenters. The Hall–Kier alpha value is -2.12. The van der Waals surface area contributed by atoms with Crippen molar-refractivity contribution in [3.05, 3.63) is 82.4 Å². The number of aryl methyl sites for hydroxylation is 3. The third-order valence-corrected chi connectivity index (χ3v) is 4.32. The first kappa shape index (κ1) is 13.8. The van der Waals surface area contributed by atoms with Crippen LogP contribution in [0, 0.1) is 20.8 Å². The molecule has 0 radical (unpaired) electrons. The molecule has 0 aromatic heterocycles. The summed E-state index contributed by atoms with van der Waals surface area (Å²) in [5, 5.41) is 13.1. The van der Waals surface area contributed by atoms with Crippen molar-refractivity contribution >= 4 is 10.8 Å². The summed E-state index contributed by atoms with van der Waals surface area (Å²) < 4.78 is 0. The molecule has 21 heavy (non-hydrogen) atoms. The minimum atomic E-state index is -0.588. The van der Waals surface area contributed by atoms with Gasteiger partial charge in [-0.25, -0.2) is 0 Å². The lowest BCUT2D eigenvalue weighted by Crippen LogP contribution is -2.02. The average molecular weight is 276 g/mol. The zero-order valence-electron chi connectivity index (χ0n) is 12.7. The summed E-state index contributed by atoms with van der Waals surface area (Å²) >= 11 is 0. The van der Waals surface area contributed by atoms with Gasteiger partial charge in [0, 0.05) is 0 Å². The van der Waals surface area contributed by atoms with Crippen molar-refractivity contribution in [1.82, 2.24) is 0 Å². The number of benzene rings is 3. The number of aliphatic hydroxyl groups excluding tert-OH is 1. The first-order valence-electron chi connectivity index (χ1n) is 7.31. The third kappa shape index (κ3) is 2.45. The summed E-state index contributed by atoms with van der Waals surface area (Å²) in [7, 11) is 0. The van der Waals surface area contributed by atoms with Gasteiger partial charge < -0.3 is 5.11 Å². The van der Waals surface area contributed by atoms with E-state index in [1.165, 1.54) is 22.1 Å². The Balaban J connectivity index is 2.15. The highest BCUT2D eigenvalue weighted by molar-refractivity contribution is 5.89. The Morgan fingerprint density at radius 1 is 0.714 bits per heavy atom. The van der Waals surface area contributed by atoms with Crippen molar-refractivity contribution in [3.63, 3.8) is 0 Å². The van der Waals surface area contributed by atoms with Crippen LogP contribution in [-0.4, -0.2) is 5.11 Å². The van der Waals surface area contributed by atoms with Crippen LogP contribution >= 0.6 is 0 Å². The van der Waals surface area contributed by atoms with Crippen molar-refractivity contribution in [2.45, 2.75) is 26.9 Å². The van der Waals surface area contributed by atoms with E-state index < -0.39 is 6.10 Å². The Kier molecular flexibility index (Phi) is 3.52. The van der Waals surface area contributed by atoms with Gasteiger partial charge >= 0.3 is 0 Å². The van der Waals surface area contributed by atoms with Gasteiger partial charge in [-0.3, -0.25) is 0 Å². The molecular weight excluding hydrogens is 256 g/mol. The van der Waals surface area contributed by atoms with E-state index in [0.717, 1.165) is 16.5 Å². The minimum absolute atomic E-state index is 0.588. The molecule has 3 rings (SSSR count). The van der Waals surface area contributed by atoms with Crippen LogP contribution in [0.25, 0.3) is 10.8 Å². The summed E-state index contributed by atoms with van der Waals surface area (Å²) in [5.74, 6) is 0. The molecule has 1 N–H and O–H groups in total. The predicted molar refractivity (Wildman–Crippen MR) is 88.7 cm³/mol. The zero-order chi connectivity index (χ0) is 15.0. The first-order chi connectivity index (χ1) is 10.1. The van der Waals surface area contributed by atoms with Gasteiger partial charge in [-0.1, -0.05) is 54.6 Å². The van der Waals surface area contributed by atoms with Crippen LogP contribution < -0.4 is 0 Å². The monoisotopic (exact) mass is 276 g/mol. The zero-order valence-corrected chi connectivity index (χ0v) is 12.7. The average Bonchev–Trinajstić information content (AvgIpc) is 2.50. The number of hydrogen-bond acceptors (Lipinski definition) is 1. The molecule has 0 saturated heterocycles. The number of hydrogen-bond donors (Lipinski definition) is 1. The molecule has 3 aromatic carbocycles. The van der Waals surface area contributed by atoms with E-state index in [-0.39, 0.29) is 0 Å². The molecule has 0 aliphatic rings. The van der Waals surface area contributed by atoms with Gasteiger partial charge in [0.2, 0.25) is 0 Å². The fourth-order valence-corrected chi connectivity index (χ4v) is 2.83. The summed E-state index contributed by atoms with van der Waals surface area (Å²) in [6.07, 6.45) is -0.588. The maximum Gasteiger partial charge on any atom is 0.105 e. The molecule has 0 saturated carbocycles. The Bertz CT molecular complexity index is 802. The molecule has 3 aromatic rings. The molecule has 0 amide bonds. The molecule has 1 heteroatoms. The summed E-state index contributed by atoms with van der Waals surface area (Å²) in [5.41, 5.74) is 5.62. The van der Waals surface area contributed by atoms with Crippen molar-refractivity contribution in [2.24, 2.45) is 0 Å². The number of aliphatic hydroxyl groups is 1. The molecule has 0 aliphatic heterocycles. The van der Waals surface area contributed by atoms with Gasteiger partial charge in [0.05, 0.1) is 0 Å². The summed E-state index contributed by atoms with van der Waals surface area (Å²) in [4.78, 5) is 0. The molecule has 1 nitrogen and oxygen atoms in total. The Morgan fingerprint density at radius 2 is 1.38 bits per heavy atom.